The molecule has 0 N–H and O–H groups in total. The molecular formula is C17H24ClNO5. The van der Waals surface area contributed by atoms with Crippen molar-refractivity contribution in [2.45, 2.75) is 19.8 Å². The van der Waals surface area contributed by atoms with E-state index in [1.165, 1.54) is 7.11 Å². The van der Waals surface area contributed by atoms with E-state index in [1.807, 2.05) is 6.92 Å². The zero-order valence-corrected chi connectivity index (χ0v) is 14.9. The Hall–Kier alpha value is -1.79. The number of ether oxygens (including phenoxy) is 3. The monoisotopic (exact) mass is 357 g/mol. The highest BCUT2D eigenvalue weighted by molar-refractivity contribution is 6.30. The first-order valence-corrected chi connectivity index (χ1v) is 8.25. The summed E-state index contributed by atoms with van der Waals surface area (Å²) in [5, 5.41) is 0.601. The summed E-state index contributed by atoms with van der Waals surface area (Å²) in [5.41, 5.74) is 0. The molecule has 1 aromatic carbocycles. The van der Waals surface area contributed by atoms with E-state index in [0.29, 0.717) is 43.5 Å². The van der Waals surface area contributed by atoms with Crippen LogP contribution < -0.4 is 4.74 Å². The molecule has 0 unspecified atom stereocenters. The number of hydrogen-bond acceptors (Lipinski definition) is 5. The highest BCUT2D eigenvalue weighted by atomic mass is 35.5. The fourth-order valence-electron chi connectivity index (χ4n) is 1.96. The van der Waals surface area contributed by atoms with Crippen LogP contribution in [0.5, 0.6) is 5.75 Å². The standard InChI is InChI=1S/C17H24ClNO5/c1-3-23-12-4-10-19(11-9-17(21)22-2)16(20)13-24-15-7-5-14(18)6-8-15/h5-8H,3-4,9-13H2,1-2H3. The molecule has 0 aromatic heterocycles. The van der Waals surface area contributed by atoms with Crippen molar-refractivity contribution in [3.8, 4) is 5.75 Å². The zero-order chi connectivity index (χ0) is 17.8. The number of carbonyl (C=O) groups excluding carboxylic acids is 2. The van der Waals surface area contributed by atoms with E-state index in [0.717, 1.165) is 0 Å². The number of nitrogens with zero attached hydrogens (tertiary/aromatic N) is 1. The summed E-state index contributed by atoms with van der Waals surface area (Å²) in [4.78, 5) is 25.2. The minimum absolute atomic E-state index is 0.0998. The Morgan fingerprint density at radius 2 is 1.88 bits per heavy atom. The highest BCUT2D eigenvalue weighted by Crippen LogP contribution is 2.15. The van der Waals surface area contributed by atoms with Gasteiger partial charge >= 0.3 is 5.97 Å². The SMILES string of the molecule is CCOCCCN(CCC(=O)OC)C(=O)COc1ccc(Cl)cc1. The molecule has 1 amide bonds. The Balaban J connectivity index is 2.50. The Labute approximate surface area is 147 Å². The van der Waals surface area contributed by atoms with Crippen LogP contribution in [0.1, 0.15) is 19.8 Å². The number of methoxy groups -OCH3 is 1. The fourth-order valence-corrected chi connectivity index (χ4v) is 2.08. The number of amides is 1. The van der Waals surface area contributed by atoms with Gasteiger partial charge in [-0.05, 0) is 37.6 Å². The second-order valence-corrected chi connectivity index (χ2v) is 5.44. The second-order valence-electron chi connectivity index (χ2n) is 5.00. The van der Waals surface area contributed by atoms with Crippen molar-refractivity contribution in [1.29, 1.82) is 0 Å². The smallest absolute Gasteiger partial charge is 0.307 e. The fraction of sp³-hybridized carbons (Fsp3) is 0.529. The van der Waals surface area contributed by atoms with Crippen molar-refractivity contribution in [1.82, 2.24) is 4.90 Å². The van der Waals surface area contributed by atoms with Gasteiger partial charge in [0, 0.05) is 31.3 Å². The predicted molar refractivity (Wildman–Crippen MR) is 91.3 cm³/mol. The van der Waals surface area contributed by atoms with Crippen LogP contribution in [-0.4, -0.2) is 56.8 Å². The van der Waals surface area contributed by atoms with E-state index in [9.17, 15) is 9.59 Å². The van der Waals surface area contributed by atoms with Crippen LogP contribution in [0.25, 0.3) is 0 Å². The third-order valence-electron chi connectivity index (χ3n) is 3.26. The van der Waals surface area contributed by atoms with Crippen molar-refractivity contribution < 1.29 is 23.8 Å². The maximum atomic E-state index is 12.3. The van der Waals surface area contributed by atoms with Crippen molar-refractivity contribution in [3.63, 3.8) is 0 Å². The van der Waals surface area contributed by atoms with Crippen LogP contribution in [0.15, 0.2) is 24.3 Å². The van der Waals surface area contributed by atoms with Crippen LogP contribution in [0.4, 0.5) is 0 Å². The Morgan fingerprint density at radius 3 is 2.50 bits per heavy atom. The van der Waals surface area contributed by atoms with Gasteiger partial charge in [-0.15, -0.1) is 0 Å². The summed E-state index contributed by atoms with van der Waals surface area (Å²) < 4.78 is 15.4. The molecule has 0 spiro atoms. The summed E-state index contributed by atoms with van der Waals surface area (Å²) in [6.45, 7) is 3.81. The van der Waals surface area contributed by atoms with Gasteiger partial charge in [-0.3, -0.25) is 9.59 Å². The molecule has 0 aliphatic carbocycles. The molecule has 0 saturated carbocycles. The molecule has 0 aliphatic rings. The van der Waals surface area contributed by atoms with E-state index in [4.69, 9.17) is 21.1 Å². The molecule has 0 heterocycles. The summed E-state index contributed by atoms with van der Waals surface area (Å²) in [5.74, 6) is 0.0246. The highest BCUT2D eigenvalue weighted by Gasteiger charge is 2.16. The topological polar surface area (TPSA) is 65.1 Å². The number of esters is 1. The molecule has 0 radical (unpaired) electrons. The summed E-state index contributed by atoms with van der Waals surface area (Å²) in [6, 6.07) is 6.78. The maximum absolute atomic E-state index is 12.3. The van der Waals surface area contributed by atoms with Crippen molar-refractivity contribution in [3.05, 3.63) is 29.3 Å². The quantitative estimate of drug-likeness (QED) is 0.450. The molecule has 7 heteroatoms. The molecule has 0 fully saturated rings. The minimum Gasteiger partial charge on any atom is -0.484 e. The largest absolute Gasteiger partial charge is 0.484 e. The zero-order valence-electron chi connectivity index (χ0n) is 14.1. The average molecular weight is 358 g/mol. The van der Waals surface area contributed by atoms with Crippen LogP contribution in [-0.2, 0) is 19.1 Å². The van der Waals surface area contributed by atoms with E-state index >= 15 is 0 Å². The Bertz CT molecular complexity index is 506. The van der Waals surface area contributed by atoms with Crippen LogP contribution in [0.2, 0.25) is 5.02 Å². The first-order chi connectivity index (χ1) is 11.6. The first kappa shape index (κ1) is 20.3. The number of benzene rings is 1. The lowest BCUT2D eigenvalue weighted by Gasteiger charge is -2.22. The lowest BCUT2D eigenvalue weighted by molar-refractivity contribution is -0.142. The Kier molecular flexibility index (Phi) is 9.88. The van der Waals surface area contributed by atoms with E-state index in [1.54, 1.807) is 29.2 Å². The maximum Gasteiger partial charge on any atom is 0.307 e. The normalized spacial score (nSPS) is 10.3. The van der Waals surface area contributed by atoms with E-state index in [2.05, 4.69) is 4.74 Å². The number of rotatable bonds is 11. The number of halogens is 1. The molecule has 0 saturated heterocycles. The number of carbonyl (C=O) groups is 2. The van der Waals surface area contributed by atoms with Crippen LogP contribution in [0.3, 0.4) is 0 Å². The van der Waals surface area contributed by atoms with Gasteiger partial charge in [0.25, 0.3) is 5.91 Å². The van der Waals surface area contributed by atoms with Gasteiger partial charge in [0.2, 0.25) is 0 Å². The summed E-state index contributed by atoms with van der Waals surface area (Å²) in [6.07, 6.45) is 0.847. The van der Waals surface area contributed by atoms with Gasteiger partial charge in [-0.1, -0.05) is 11.6 Å². The number of hydrogen-bond donors (Lipinski definition) is 0. The lowest BCUT2D eigenvalue weighted by Crippen LogP contribution is -2.37. The van der Waals surface area contributed by atoms with Gasteiger partial charge in [0.15, 0.2) is 6.61 Å². The van der Waals surface area contributed by atoms with Crippen LogP contribution in [0, 0.1) is 0 Å². The molecule has 134 valence electrons. The molecule has 0 atom stereocenters. The van der Waals surface area contributed by atoms with Gasteiger partial charge in [-0.25, -0.2) is 0 Å². The van der Waals surface area contributed by atoms with Crippen molar-refractivity contribution in [2.24, 2.45) is 0 Å². The van der Waals surface area contributed by atoms with Gasteiger partial charge in [-0.2, -0.15) is 0 Å². The third-order valence-corrected chi connectivity index (χ3v) is 3.51. The van der Waals surface area contributed by atoms with E-state index < -0.39 is 0 Å². The van der Waals surface area contributed by atoms with Gasteiger partial charge < -0.3 is 19.1 Å². The molecule has 6 nitrogen and oxygen atoms in total. The first-order valence-electron chi connectivity index (χ1n) is 7.87. The van der Waals surface area contributed by atoms with E-state index in [-0.39, 0.29) is 24.9 Å². The average Bonchev–Trinajstić information content (AvgIpc) is 2.60. The lowest BCUT2D eigenvalue weighted by atomic mass is 10.3. The molecule has 1 aromatic rings. The van der Waals surface area contributed by atoms with Gasteiger partial charge in [0.05, 0.1) is 13.5 Å². The molecular weight excluding hydrogens is 334 g/mol. The van der Waals surface area contributed by atoms with Crippen LogP contribution >= 0.6 is 11.6 Å². The van der Waals surface area contributed by atoms with Crippen molar-refractivity contribution in [2.75, 3.05) is 40.0 Å². The molecule has 0 bridgehead atoms. The molecule has 24 heavy (non-hydrogen) atoms. The molecule has 0 aliphatic heterocycles. The van der Waals surface area contributed by atoms with Gasteiger partial charge in [0.1, 0.15) is 5.75 Å². The summed E-state index contributed by atoms with van der Waals surface area (Å²) >= 11 is 5.81. The minimum atomic E-state index is -0.351. The third kappa shape index (κ3) is 8.17. The Morgan fingerprint density at radius 1 is 1.17 bits per heavy atom. The predicted octanol–water partition coefficient (Wildman–Crippen LogP) is 2.54. The summed E-state index contributed by atoms with van der Waals surface area (Å²) in [7, 11) is 1.33. The van der Waals surface area contributed by atoms with Crippen molar-refractivity contribution >= 4 is 23.5 Å². The second kappa shape index (κ2) is 11.7. The molecule has 1 rings (SSSR count).